The van der Waals surface area contributed by atoms with Gasteiger partial charge in [0.2, 0.25) is 0 Å². The van der Waals surface area contributed by atoms with Gasteiger partial charge in [-0.1, -0.05) is 17.3 Å². The minimum Gasteiger partial charge on any atom is -0.409 e. The highest BCUT2D eigenvalue weighted by atomic mass is 16.4. The fraction of sp³-hybridized carbons (Fsp3) is 0.417. The molecule has 0 aliphatic carbocycles. The fourth-order valence-corrected chi connectivity index (χ4v) is 1.73. The van der Waals surface area contributed by atoms with Gasteiger partial charge in [-0.3, -0.25) is 0 Å². The zero-order chi connectivity index (χ0) is 13.0. The molecule has 4 N–H and O–H groups in total. The fourth-order valence-electron chi connectivity index (χ4n) is 1.73. The van der Waals surface area contributed by atoms with Gasteiger partial charge in [-0.15, -0.1) is 0 Å². The van der Waals surface area contributed by atoms with Gasteiger partial charge < -0.3 is 20.9 Å². The summed E-state index contributed by atoms with van der Waals surface area (Å²) in [5, 5.41) is 21.0. The van der Waals surface area contributed by atoms with Crippen LogP contribution >= 0.6 is 0 Å². The van der Waals surface area contributed by atoms with E-state index in [-0.39, 0.29) is 18.5 Å². The molecule has 94 valence electrons. The van der Waals surface area contributed by atoms with Crippen molar-refractivity contribution in [3.8, 4) is 0 Å². The molecule has 0 spiro atoms. The number of rotatable bonds is 4. The maximum absolute atomic E-state index is 9.19. The standard InChI is InChI=1S/C12H19N3O2/c1-8-5-4-6-10(12(13)14-17)11(8)15(3)9(2)7-16/h4-6,9,16-17H,7H2,1-3H3,(H2,13,14). The number of para-hydroxylation sites is 1. The molecule has 0 aromatic heterocycles. The van der Waals surface area contributed by atoms with E-state index in [1.165, 1.54) is 0 Å². The lowest BCUT2D eigenvalue weighted by Gasteiger charge is -2.29. The molecule has 0 radical (unpaired) electrons. The minimum atomic E-state index is -0.0404. The first-order valence-corrected chi connectivity index (χ1v) is 5.44. The molecule has 0 amide bonds. The monoisotopic (exact) mass is 237 g/mol. The van der Waals surface area contributed by atoms with Gasteiger partial charge >= 0.3 is 0 Å². The van der Waals surface area contributed by atoms with Gasteiger partial charge in [0, 0.05) is 18.7 Å². The smallest absolute Gasteiger partial charge is 0.172 e. The first-order chi connectivity index (χ1) is 8.02. The highest BCUT2D eigenvalue weighted by Crippen LogP contribution is 2.25. The van der Waals surface area contributed by atoms with Gasteiger partial charge in [0.15, 0.2) is 5.84 Å². The van der Waals surface area contributed by atoms with Crippen LogP contribution in [0.5, 0.6) is 0 Å². The molecule has 0 bridgehead atoms. The number of aliphatic hydroxyl groups excluding tert-OH is 1. The van der Waals surface area contributed by atoms with Crippen molar-refractivity contribution >= 4 is 11.5 Å². The normalized spacial score (nSPS) is 13.5. The average molecular weight is 237 g/mol. The number of oxime groups is 1. The van der Waals surface area contributed by atoms with Crippen LogP contribution in [0.25, 0.3) is 0 Å². The van der Waals surface area contributed by atoms with Crippen molar-refractivity contribution in [2.24, 2.45) is 10.9 Å². The molecule has 0 heterocycles. The van der Waals surface area contributed by atoms with E-state index in [4.69, 9.17) is 10.9 Å². The van der Waals surface area contributed by atoms with Crippen LogP contribution in [-0.4, -0.2) is 35.8 Å². The lowest BCUT2D eigenvalue weighted by molar-refractivity contribution is 0.270. The number of anilines is 1. The first kappa shape index (κ1) is 13.3. The van der Waals surface area contributed by atoms with Gasteiger partial charge in [-0.25, -0.2) is 0 Å². The molecule has 1 aromatic rings. The molecule has 1 atom stereocenters. The van der Waals surface area contributed by atoms with Crippen molar-refractivity contribution in [3.05, 3.63) is 29.3 Å². The zero-order valence-corrected chi connectivity index (χ0v) is 10.4. The van der Waals surface area contributed by atoms with E-state index < -0.39 is 0 Å². The number of aryl methyl sites for hydroxylation is 1. The van der Waals surface area contributed by atoms with Crippen LogP contribution in [0.2, 0.25) is 0 Å². The molecule has 5 nitrogen and oxygen atoms in total. The second-order valence-corrected chi connectivity index (χ2v) is 4.10. The predicted molar refractivity (Wildman–Crippen MR) is 68.6 cm³/mol. The third-order valence-corrected chi connectivity index (χ3v) is 2.90. The Balaban J connectivity index is 3.30. The number of aliphatic hydroxyl groups is 1. The summed E-state index contributed by atoms with van der Waals surface area (Å²) in [6.07, 6.45) is 0. The number of benzene rings is 1. The van der Waals surface area contributed by atoms with E-state index in [9.17, 15) is 5.11 Å². The van der Waals surface area contributed by atoms with Crippen molar-refractivity contribution in [3.63, 3.8) is 0 Å². The van der Waals surface area contributed by atoms with Crippen molar-refractivity contribution in [1.29, 1.82) is 0 Å². The second-order valence-electron chi connectivity index (χ2n) is 4.10. The average Bonchev–Trinajstić information content (AvgIpc) is 2.35. The summed E-state index contributed by atoms with van der Waals surface area (Å²) in [6, 6.07) is 5.55. The Kier molecular flexibility index (Phi) is 4.34. The van der Waals surface area contributed by atoms with Gasteiger partial charge in [0.1, 0.15) is 0 Å². The van der Waals surface area contributed by atoms with Crippen LogP contribution in [0.1, 0.15) is 18.1 Å². The molecule has 0 aliphatic rings. The third kappa shape index (κ3) is 2.68. The SMILES string of the molecule is Cc1cccc(/C(N)=N/O)c1N(C)C(C)CO. The number of amidine groups is 1. The van der Waals surface area contributed by atoms with E-state index in [0.717, 1.165) is 11.3 Å². The summed E-state index contributed by atoms with van der Waals surface area (Å²) in [5.74, 6) is 0.0701. The van der Waals surface area contributed by atoms with Gasteiger partial charge in [0.25, 0.3) is 0 Å². The van der Waals surface area contributed by atoms with E-state index >= 15 is 0 Å². The van der Waals surface area contributed by atoms with E-state index in [1.807, 2.05) is 37.9 Å². The Morgan fingerprint density at radius 3 is 2.71 bits per heavy atom. The highest BCUT2D eigenvalue weighted by Gasteiger charge is 2.17. The molecule has 1 unspecified atom stereocenters. The Morgan fingerprint density at radius 2 is 2.18 bits per heavy atom. The van der Waals surface area contributed by atoms with Crippen LogP contribution in [0.4, 0.5) is 5.69 Å². The van der Waals surface area contributed by atoms with Crippen LogP contribution < -0.4 is 10.6 Å². The topological polar surface area (TPSA) is 82.1 Å². The molecule has 1 rings (SSSR count). The Bertz CT molecular complexity index is 418. The maximum Gasteiger partial charge on any atom is 0.172 e. The number of nitrogens with zero attached hydrogens (tertiary/aromatic N) is 2. The zero-order valence-electron chi connectivity index (χ0n) is 10.4. The largest absolute Gasteiger partial charge is 0.409 e. The molecule has 17 heavy (non-hydrogen) atoms. The molecular formula is C12H19N3O2. The predicted octanol–water partition coefficient (Wildman–Crippen LogP) is 0.907. The maximum atomic E-state index is 9.19. The highest BCUT2D eigenvalue weighted by molar-refractivity contribution is 6.02. The number of hydrogen-bond donors (Lipinski definition) is 3. The molecule has 0 saturated heterocycles. The quantitative estimate of drug-likeness (QED) is 0.314. The van der Waals surface area contributed by atoms with Crippen molar-refractivity contribution < 1.29 is 10.3 Å². The minimum absolute atomic E-state index is 0.0404. The summed E-state index contributed by atoms with van der Waals surface area (Å²) in [7, 11) is 1.87. The summed E-state index contributed by atoms with van der Waals surface area (Å²) < 4.78 is 0. The number of likely N-dealkylation sites (N-methyl/N-ethyl adjacent to an activating group) is 1. The molecule has 0 aliphatic heterocycles. The third-order valence-electron chi connectivity index (χ3n) is 2.90. The number of hydrogen-bond acceptors (Lipinski definition) is 4. The van der Waals surface area contributed by atoms with E-state index in [0.29, 0.717) is 5.56 Å². The van der Waals surface area contributed by atoms with Crippen LogP contribution in [0.3, 0.4) is 0 Å². The van der Waals surface area contributed by atoms with Crippen molar-refractivity contribution in [2.45, 2.75) is 19.9 Å². The van der Waals surface area contributed by atoms with Gasteiger partial charge in [0.05, 0.1) is 12.3 Å². The molecular weight excluding hydrogens is 218 g/mol. The van der Waals surface area contributed by atoms with Crippen molar-refractivity contribution in [2.75, 3.05) is 18.6 Å². The Labute approximate surface area is 101 Å². The summed E-state index contributed by atoms with van der Waals surface area (Å²) in [5.41, 5.74) is 8.19. The summed E-state index contributed by atoms with van der Waals surface area (Å²) >= 11 is 0. The Hall–Kier alpha value is -1.75. The van der Waals surface area contributed by atoms with Crippen LogP contribution in [0, 0.1) is 6.92 Å². The molecule has 1 aromatic carbocycles. The first-order valence-electron chi connectivity index (χ1n) is 5.44. The lowest BCUT2D eigenvalue weighted by Crippen LogP contribution is -2.34. The lowest BCUT2D eigenvalue weighted by atomic mass is 10.0. The summed E-state index contributed by atoms with van der Waals surface area (Å²) in [4.78, 5) is 1.92. The Morgan fingerprint density at radius 1 is 1.53 bits per heavy atom. The van der Waals surface area contributed by atoms with Crippen LogP contribution in [-0.2, 0) is 0 Å². The van der Waals surface area contributed by atoms with E-state index in [1.54, 1.807) is 6.07 Å². The van der Waals surface area contributed by atoms with Crippen LogP contribution in [0.15, 0.2) is 23.4 Å². The van der Waals surface area contributed by atoms with E-state index in [2.05, 4.69) is 5.16 Å². The molecule has 0 saturated carbocycles. The second kappa shape index (κ2) is 5.54. The number of nitrogens with two attached hydrogens (primary N) is 1. The summed E-state index contributed by atoms with van der Waals surface area (Å²) in [6.45, 7) is 3.90. The van der Waals surface area contributed by atoms with Gasteiger partial charge in [-0.05, 0) is 25.5 Å². The van der Waals surface area contributed by atoms with Crippen molar-refractivity contribution in [1.82, 2.24) is 0 Å². The molecule has 0 fully saturated rings. The van der Waals surface area contributed by atoms with Gasteiger partial charge in [-0.2, -0.15) is 0 Å². The molecule has 5 heteroatoms.